The van der Waals surface area contributed by atoms with E-state index >= 15 is 0 Å². The molecule has 1 aliphatic carbocycles. The Hall–Kier alpha value is -1.43. The molecule has 1 N–H and O–H groups in total. The number of hydrogen-bond donors (Lipinski definition) is 1. The third-order valence-electron chi connectivity index (χ3n) is 3.10. The molecule has 2 heterocycles. The van der Waals surface area contributed by atoms with Gasteiger partial charge in [-0.1, -0.05) is 6.92 Å². The standard InChI is InChI=1S/C11H15N5S/c1-3-8-9(6-15(2)14-8)16-10(7-4-5-7)12-13-11(16)17/h6-7H,3-5H2,1-2H3,(H,13,17). The van der Waals surface area contributed by atoms with Crippen LogP contribution < -0.4 is 0 Å². The molecule has 0 bridgehead atoms. The van der Waals surface area contributed by atoms with Crippen LogP contribution in [-0.4, -0.2) is 24.5 Å². The summed E-state index contributed by atoms with van der Waals surface area (Å²) < 4.78 is 4.54. The van der Waals surface area contributed by atoms with Gasteiger partial charge in [-0.15, -0.1) is 0 Å². The molecule has 1 aliphatic rings. The summed E-state index contributed by atoms with van der Waals surface area (Å²) in [7, 11) is 1.93. The van der Waals surface area contributed by atoms with Crippen molar-refractivity contribution in [1.29, 1.82) is 0 Å². The highest BCUT2D eigenvalue weighted by molar-refractivity contribution is 7.71. The zero-order chi connectivity index (χ0) is 12.0. The molecule has 0 spiro atoms. The summed E-state index contributed by atoms with van der Waals surface area (Å²) in [4.78, 5) is 0. The lowest BCUT2D eigenvalue weighted by atomic mass is 10.3. The van der Waals surface area contributed by atoms with Gasteiger partial charge >= 0.3 is 0 Å². The van der Waals surface area contributed by atoms with Crippen LogP contribution in [0.2, 0.25) is 0 Å². The van der Waals surface area contributed by atoms with Crippen molar-refractivity contribution in [3.05, 3.63) is 22.5 Å². The lowest BCUT2D eigenvalue weighted by Crippen LogP contribution is -2.02. The molecule has 5 nitrogen and oxygen atoms in total. The molecule has 0 saturated heterocycles. The molecule has 17 heavy (non-hydrogen) atoms. The summed E-state index contributed by atoms with van der Waals surface area (Å²) in [5.41, 5.74) is 2.13. The second kappa shape index (κ2) is 3.80. The number of H-pyrrole nitrogens is 1. The van der Waals surface area contributed by atoms with Crippen molar-refractivity contribution >= 4 is 12.2 Å². The van der Waals surface area contributed by atoms with Crippen LogP contribution in [-0.2, 0) is 13.5 Å². The van der Waals surface area contributed by atoms with E-state index in [4.69, 9.17) is 12.2 Å². The number of hydrogen-bond acceptors (Lipinski definition) is 3. The molecule has 3 rings (SSSR count). The molecule has 0 unspecified atom stereocenters. The van der Waals surface area contributed by atoms with Crippen molar-refractivity contribution in [3.63, 3.8) is 0 Å². The van der Waals surface area contributed by atoms with E-state index in [-0.39, 0.29) is 0 Å². The quantitative estimate of drug-likeness (QED) is 0.848. The fraction of sp³-hybridized carbons (Fsp3) is 0.545. The molecule has 2 aromatic heterocycles. The third-order valence-corrected chi connectivity index (χ3v) is 3.37. The molecular formula is C11H15N5S. The molecule has 0 aliphatic heterocycles. The fourth-order valence-corrected chi connectivity index (χ4v) is 2.36. The number of aromatic amines is 1. The first-order valence-corrected chi connectivity index (χ1v) is 6.31. The molecule has 0 atom stereocenters. The van der Waals surface area contributed by atoms with Crippen molar-refractivity contribution in [2.75, 3.05) is 0 Å². The predicted octanol–water partition coefficient (Wildman–Crippen LogP) is 2.10. The highest BCUT2D eigenvalue weighted by Crippen LogP contribution is 2.39. The number of aryl methyl sites for hydroxylation is 2. The van der Waals surface area contributed by atoms with Gasteiger partial charge in [0, 0.05) is 19.2 Å². The lowest BCUT2D eigenvalue weighted by molar-refractivity contribution is 0.746. The van der Waals surface area contributed by atoms with Crippen LogP contribution in [0.5, 0.6) is 0 Å². The molecule has 6 heteroatoms. The topological polar surface area (TPSA) is 51.4 Å². The van der Waals surface area contributed by atoms with E-state index in [0.29, 0.717) is 10.7 Å². The molecule has 2 aromatic rings. The largest absolute Gasteiger partial charge is 0.273 e. The predicted molar refractivity (Wildman–Crippen MR) is 66.9 cm³/mol. The summed E-state index contributed by atoms with van der Waals surface area (Å²) in [6.07, 6.45) is 5.33. The first-order valence-electron chi connectivity index (χ1n) is 5.91. The average molecular weight is 249 g/mol. The second-order valence-corrected chi connectivity index (χ2v) is 4.87. The minimum Gasteiger partial charge on any atom is -0.273 e. The van der Waals surface area contributed by atoms with Gasteiger partial charge in [0.2, 0.25) is 0 Å². The molecule has 0 amide bonds. The maximum atomic E-state index is 5.33. The van der Waals surface area contributed by atoms with Gasteiger partial charge in [0.05, 0.1) is 11.4 Å². The zero-order valence-electron chi connectivity index (χ0n) is 9.97. The van der Waals surface area contributed by atoms with E-state index in [2.05, 4.69) is 22.2 Å². The van der Waals surface area contributed by atoms with Gasteiger partial charge < -0.3 is 0 Å². The van der Waals surface area contributed by atoms with Crippen LogP contribution in [0, 0.1) is 4.77 Å². The van der Waals surface area contributed by atoms with Crippen LogP contribution >= 0.6 is 12.2 Å². The summed E-state index contributed by atoms with van der Waals surface area (Å²) in [5.74, 6) is 1.62. The van der Waals surface area contributed by atoms with E-state index in [1.807, 2.05) is 22.5 Å². The monoisotopic (exact) mass is 249 g/mol. The van der Waals surface area contributed by atoms with Gasteiger partial charge in [0.25, 0.3) is 0 Å². The maximum Gasteiger partial charge on any atom is 0.199 e. The van der Waals surface area contributed by atoms with Crippen molar-refractivity contribution in [3.8, 4) is 5.69 Å². The number of aromatic nitrogens is 5. The Balaban J connectivity index is 2.19. The van der Waals surface area contributed by atoms with Gasteiger partial charge in [0.1, 0.15) is 5.82 Å². The molecule has 90 valence electrons. The SMILES string of the molecule is CCc1nn(C)cc1-n1c(C2CC2)n[nH]c1=S. The van der Waals surface area contributed by atoms with Crippen molar-refractivity contribution in [2.24, 2.45) is 7.05 Å². The Morgan fingerprint density at radius 2 is 2.29 bits per heavy atom. The number of nitrogens with one attached hydrogen (secondary N) is 1. The Labute approximate surface area is 104 Å². The molecule has 1 fully saturated rings. The Morgan fingerprint density at radius 1 is 1.53 bits per heavy atom. The lowest BCUT2D eigenvalue weighted by Gasteiger charge is -2.04. The van der Waals surface area contributed by atoms with Crippen LogP contribution in [0.3, 0.4) is 0 Å². The van der Waals surface area contributed by atoms with Gasteiger partial charge in [0.15, 0.2) is 4.77 Å². The third kappa shape index (κ3) is 1.72. The Bertz CT molecular complexity index is 602. The van der Waals surface area contributed by atoms with Crippen LogP contribution in [0.1, 0.15) is 37.2 Å². The Morgan fingerprint density at radius 3 is 2.94 bits per heavy atom. The van der Waals surface area contributed by atoms with E-state index in [0.717, 1.165) is 23.6 Å². The smallest absolute Gasteiger partial charge is 0.199 e. The summed E-state index contributed by atoms with van der Waals surface area (Å²) in [6.45, 7) is 2.10. The Kier molecular flexibility index (Phi) is 2.39. The molecular weight excluding hydrogens is 234 g/mol. The first-order chi connectivity index (χ1) is 8.20. The van der Waals surface area contributed by atoms with Crippen LogP contribution in [0.4, 0.5) is 0 Å². The zero-order valence-corrected chi connectivity index (χ0v) is 10.8. The minimum atomic E-state index is 0.563. The van der Waals surface area contributed by atoms with Gasteiger partial charge in [-0.2, -0.15) is 10.2 Å². The van der Waals surface area contributed by atoms with E-state index in [9.17, 15) is 0 Å². The molecule has 1 saturated carbocycles. The normalized spacial score (nSPS) is 15.4. The summed E-state index contributed by atoms with van der Waals surface area (Å²) in [6, 6.07) is 0. The van der Waals surface area contributed by atoms with Gasteiger partial charge in [-0.05, 0) is 31.5 Å². The van der Waals surface area contributed by atoms with Crippen molar-refractivity contribution in [1.82, 2.24) is 24.5 Å². The first kappa shape index (κ1) is 10.7. The van der Waals surface area contributed by atoms with Gasteiger partial charge in [-0.3, -0.25) is 14.3 Å². The van der Waals surface area contributed by atoms with Crippen molar-refractivity contribution in [2.45, 2.75) is 32.1 Å². The molecule has 0 radical (unpaired) electrons. The van der Waals surface area contributed by atoms with E-state index in [1.165, 1.54) is 12.8 Å². The number of rotatable bonds is 3. The number of nitrogens with zero attached hydrogens (tertiary/aromatic N) is 4. The summed E-state index contributed by atoms with van der Waals surface area (Å²) in [5, 5.41) is 11.7. The highest BCUT2D eigenvalue weighted by atomic mass is 32.1. The van der Waals surface area contributed by atoms with E-state index < -0.39 is 0 Å². The highest BCUT2D eigenvalue weighted by Gasteiger charge is 2.30. The van der Waals surface area contributed by atoms with Gasteiger partial charge in [-0.25, -0.2) is 0 Å². The fourth-order valence-electron chi connectivity index (χ4n) is 2.12. The average Bonchev–Trinajstić information content (AvgIpc) is 2.98. The van der Waals surface area contributed by atoms with Crippen molar-refractivity contribution < 1.29 is 0 Å². The maximum absolute atomic E-state index is 5.33. The second-order valence-electron chi connectivity index (χ2n) is 4.48. The van der Waals surface area contributed by atoms with Crippen LogP contribution in [0.25, 0.3) is 5.69 Å². The summed E-state index contributed by atoms with van der Waals surface area (Å²) >= 11 is 5.33. The van der Waals surface area contributed by atoms with Crippen LogP contribution in [0.15, 0.2) is 6.20 Å². The molecule has 0 aromatic carbocycles. The van der Waals surface area contributed by atoms with E-state index in [1.54, 1.807) is 0 Å². The minimum absolute atomic E-state index is 0.563.